The van der Waals surface area contributed by atoms with Crippen LogP contribution in [0.4, 0.5) is 5.82 Å². The van der Waals surface area contributed by atoms with Gasteiger partial charge in [0.05, 0.1) is 22.4 Å². The number of nitrogen functional groups attached to an aromatic ring is 1. The minimum atomic E-state index is -0.487. The number of ketones is 1. The molecule has 0 unspecified atom stereocenters. The molecule has 1 aliphatic rings. The molecule has 136 valence electrons. The normalized spacial score (nSPS) is 15.7. The third kappa shape index (κ3) is 2.89. The lowest BCUT2D eigenvalue weighted by Gasteiger charge is -2.07. The molecule has 3 N–H and O–H groups in total. The Bertz CT molecular complexity index is 1250. The van der Waals surface area contributed by atoms with Crippen LogP contribution in [-0.4, -0.2) is 26.9 Å². The van der Waals surface area contributed by atoms with Gasteiger partial charge in [-0.15, -0.1) is 0 Å². The molecule has 0 bridgehead atoms. The summed E-state index contributed by atoms with van der Waals surface area (Å²) in [4.78, 5) is 28.4. The van der Waals surface area contributed by atoms with Gasteiger partial charge in [0, 0.05) is 0 Å². The number of carbonyl (C=O) groups is 1. The topological polar surface area (TPSA) is 107 Å². The number of anilines is 1. The molecule has 0 radical (unpaired) electrons. The van der Waals surface area contributed by atoms with E-state index in [2.05, 4.69) is 4.98 Å². The van der Waals surface area contributed by atoms with Gasteiger partial charge < -0.3 is 15.6 Å². The number of aromatic nitrogens is 2. The first-order chi connectivity index (χ1) is 13.0. The molecular weight excluding hydrogens is 366 g/mol. The molecule has 8 heteroatoms. The van der Waals surface area contributed by atoms with Gasteiger partial charge in [-0.3, -0.25) is 14.0 Å². The van der Waals surface area contributed by atoms with Gasteiger partial charge >= 0.3 is 0 Å². The van der Waals surface area contributed by atoms with E-state index >= 15 is 0 Å². The molecule has 0 fully saturated rings. The van der Waals surface area contributed by atoms with Crippen molar-refractivity contribution in [2.24, 2.45) is 0 Å². The number of carbonyl (C=O) groups excluding carboxylic acids is 1. The number of fused-ring (bicyclic) bond motifs is 3. The number of ether oxygens (including phenoxy) is 1. The van der Waals surface area contributed by atoms with Crippen LogP contribution in [0.5, 0.6) is 5.75 Å². The molecule has 2 heterocycles. The van der Waals surface area contributed by atoms with E-state index in [1.54, 1.807) is 4.40 Å². The lowest BCUT2D eigenvalue weighted by molar-refractivity contribution is -0.113. The predicted molar refractivity (Wildman–Crippen MR) is 105 cm³/mol. The third-order valence-corrected chi connectivity index (χ3v) is 5.12. The summed E-state index contributed by atoms with van der Waals surface area (Å²) >= 11 is 1.35. The highest BCUT2D eigenvalue weighted by Crippen LogP contribution is 2.31. The second-order valence-corrected chi connectivity index (χ2v) is 6.88. The molecule has 0 saturated carbocycles. The van der Waals surface area contributed by atoms with Gasteiger partial charge in [0.1, 0.15) is 11.6 Å². The third-order valence-electron chi connectivity index (χ3n) is 4.11. The number of benzene rings is 1. The van der Waals surface area contributed by atoms with Crippen LogP contribution in [0.1, 0.15) is 12.5 Å². The largest absolute Gasteiger partial charge is 0.504 e. The van der Waals surface area contributed by atoms with E-state index < -0.39 is 11.3 Å². The molecule has 7 nitrogen and oxygen atoms in total. The van der Waals surface area contributed by atoms with Crippen molar-refractivity contribution in [2.75, 3.05) is 12.3 Å². The average Bonchev–Trinajstić information content (AvgIpc) is 2.99. The van der Waals surface area contributed by atoms with Crippen molar-refractivity contribution in [3.8, 4) is 5.75 Å². The summed E-state index contributed by atoms with van der Waals surface area (Å²) in [5, 5.41) is 9.59. The van der Waals surface area contributed by atoms with Crippen molar-refractivity contribution in [3.05, 3.63) is 63.7 Å². The molecule has 1 aromatic carbocycles. The van der Waals surface area contributed by atoms with Crippen LogP contribution in [0.25, 0.3) is 21.3 Å². The SMILES string of the molecule is CCOc1ccc2c(c1)sc1nc(=O)c(/C=C3\C=CC(=O)C(O)=C3)c(N)n12. The maximum absolute atomic E-state index is 12.5. The summed E-state index contributed by atoms with van der Waals surface area (Å²) in [5.41, 5.74) is 7.30. The highest BCUT2D eigenvalue weighted by atomic mass is 32.1. The second-order valence-electron chi connectivity index (χ2n) is 5.87. The van der Waals surface area contributed by atoms with Crippen LogP contribution in [-0.2, 0) is 4.79 Å². The lowest BCUT2D eigenvalue weighted by Crippen LogP contribution is -2.16. The standard InChI is InChI=1S/C19H15N3O4S/c1-2-26-11-4-5-13-16(9-11)27-19-21-18(25)12(17(20)22(13)19)7-10-3-6-14(23)15(24)8-10/h3-9,24H,2,20H2,1H3/b10-7+. The Morgan fingerprint density at radius 3 is 2.89 bits per heavy atom. The summed E-state index contributed by atoms with van der Waals surface area (Å²) in [6.07, 6.45) is 5.54. The fourth-order valence-electron chi connectivity index (χ4n) is 2.87. The van der Waals surface area contributed by atoms with E-state index in [-0.39, 0.29) is 17.1 Å². The Hall–Kier alpha value is -3.39. The first-order valence-electron chi connectivity index (χ1n) is 8.20. The summed E-state index contributed by atoms with van der Waals surface area (Å²) in [5.74, 6) is 0.101. The molecule has 0 spiro atoms. The molecule has 0 saturated heterocycles. The van der Waals surface area contributed by atoms with Crippen molar-refractivity contribution in [2.45, 2.75) is 6.92 Å². The van der Waals surface area contributed by atoms with Crippen molar-refractivity contribution < 1.29 is 14.6 Å². The number of hydrogen-bond donors (Lipinski definition) is 2. The number of nitrogens with zero attached hydrogens (tertiary/aromatic N) is 2. The van der Waals surface area contributed by atoms with E-state index in [1.807, 2.05) is 25.1 Å². The lowest BCUT2D eigenvalue weighted by atomic mass is 10.1. The highest BCUT2D eigenvalue weighted by molar-refractivity contribution is 7.23. The Morgan fingerprint density at radius 1 is 1.33 bits per heavy atom. The van der Waals surface area contributed by atoms with Gasteiger partial charge in [0.2, 0.25) is 5.78 Å². The number of thiazole rings is 1. The Kier molecular flexibility index (Phi) is 4.04. The smallest absolute Gasteiger partial charge is 0.283 e. The van der Waals surface area contributed by atoms with Crippen molar-refractivity contribution >= 4 is 44.2 Å². The van der Waals surface area contributed by atoms with Crippen LogP contribution >= 0.6 is 11.3 Å². The minimum Gasteiger partial charge on any atom is -0.504 e. The summed E-state index contributed by atoms with van der Waals surface area (Å²) < 4.78 is 8.12. The van der Waals surface area contributed by atoms with E-state index in [9.17, 15) is 14.7 Å². The van der Waals surface area contributed by atoms with Gasteiger partial charge in [-0.1, -0.05) is 17.4 Å². The predicted octanol–water partition coefficient (Wildman–Crippen LogP) is 2.85. The van der Waals surface area contributed by atoms with Gasteiger partial charge in [0.25, 0.3) is 5.56 Å². The number of allylic oxidation sites excluding steroid dienone is 4. The maximum atomic E-state index is 12.5. The minimum absolute atomic E-state index is 0.194. The van der Waals surface area contributed by atoms with Gasteiger partial charge in [-0.05, 0) is 48.9 Å². The molecule has 0 aliphatic heterocycles. The molecular formula is C19H15N3O4S. The van der Waals surface area contributed by atoms with Crippen LogP contribution in [0, 0.1) is 0 Å². The summed E-state index contributed by atoms with van der Waals surface area (Å²) in [6, 6.07) is 5.59. The first kappa shape index (κ1) is 17.0. The zero-order chi connectivity index (χ0) is 19.1. The Morgan fingerprint density at radius 2 is 2.15 bits per heavy atom. The van der Waals surface area contributed by atoms with Crippen molar-refractivity contribution in [1.82, 2.24) is 9.38 Å². The molecule has 4 rings (SSSR count). The number of rotatable bonds is 3. The van der Waals surface area contributed by atoms with Crippen LogP contribution in [0.15, 0.2) is 52.6 Å². The number of hydrogen-bond acceptors (Lipinski definition) is 7. The van der Waals surface area contributed by atoms with Gasteiger partial charge in [0.15, 0.2) is 10.7 Å². The fourth-order valence-corrected chi connectivity index (χ4v) is 3.93. The monoisotopic (exact) mass is 381 g/mol. The fraction of sp³-hybridized carbons (Fsp3) is 0.105. The van der Waals surface area contributed by atoms with E-state index in [1.165, 1.54) is 35.6 Å². The van der Waals surface area contributed by atoms with Crippen molar-refractivity contribution in [3.63, 3.8) is 0 Å². The van der Waals surface area contributed by atoms with Crippen molar-refractivity contribution in [1.29, 1.82) is 0 Å². The first-order valence-corrected chi connectivity index (χ1v) is 9.02. The van der Waals surface area contributed by atoms with Crippen LogP contribution in [0.3, 0.4) is 0 Å². The number of aliphatic hydroxyl groups excluding tert-OH is 1. The highest BCUT2D eigenvalue weighted by Gasteiger charge is 2.16. The molecule has 0 atom stereocenters. The summed E-state index contributed by atoms with van der Waals surface area (Å²) in [6.45, 7) is 2.47. The number of nitrogens with two attached hydrogens (primary N) is 1. The van der Waals surface area contributed by atoms with Crippen LogP contribution < -0.4 is 16.0 Å². The molecule has 1 aliphatic carbocycles. The Labute approximate surface area is 157 Å². The zero-order valence-electron chi connectivity index (χ0n) is 14.3. The molecule has 3 aromatic rings. The summed E-state index contributed by atoms with van der Waals surface area (Å²) in [7, 11) is 0. The van der Waals surface area contributed by atoms with E-state index in [4.69, 9.17) is 10.5 Å². The quantitative estimate of drug-likeness (QED) is 0.722. The van der Waals surface area contributed by atoms with Gasteiger partial charge in [-0.2, -0.15) is 4.98 Å². The average molecular weight is 381 g/mol. The molecule has 0 amide bonds. The van der Waals surface area contributed by atoms with E-state index in [0.29, 0.717) is 17.1 Å². The van der Waals surface area contributed by atoms with E-state index in [0.717, 1.165) is 16.0 Å². The van der Waals surface area contributed by atoms with Gasteiger partial charge in [-0.25, -0.2) is 0 Å². The zero-order valence-corrected chi connectivity index (χ0v) is 15.1. The molecule has 27 heavy (non-hydrogen) atoms. The number of aliphatic hydroxyl groups is 1. The second kappa shape index (κ2) is 6.40. The Balaban J connectivity index is 1.93. The van der Waals surface area contributed by atoms with Crippen LogP contribution in [0.2, 0.25) is 0 Å². The maximum Gasteiger partial charge on any atom is 0.283 e. The molecule has 2 aromatic heterocycles.